The van der Waals surface area contributed by atoms with Crippen LogP contribution in [0.5, 0.6) is 0 Å². The highest BCUT2D eigenvalue weighted by atomic mass is 127. The number of nitrogens with two attached hydrogens (primary N) is 1. The summed E-state index contributed by atoms with van der Waals surface area (Å²) in [7, 11) is 0. The summed E-state index contributed by atoms with van der Waals surface area (Å²) in [5.74, 6) is 6.52. The van der Waals surface area contributed by atoms with E-state index in [1.165, 1.54) is 4.90 Å². The molecule has 20 heavy (non-hydrogen) atoms. The molecule has 3 rings (SSSR count). The molecule has 0 aliphatic carbocycles. The zero-order valence-electron chi connectivity index (χ0n) is 10.7. The predicted molar refractivity (Wildman–Crippen MR) is 82.9 cm³/mol. The molecule has 0 saturated carbocycles. The van der Waals surface area contributed by atoms with Crippen molar-refractivity contribution in [1.29, 1.82) is 0 Å². The van der Waals surface area contributed by atoms with Gasteiger partial charge in [-0.3, -0.25) is 0 Å². The van der Waals surface area contributed by atoms with Gasteiger partial charge in [-0.05, 0) is 35.4 Å². The highest BCUT2D eigenvalue weighted by molar-refractivity contribution is 14.1. The van der Waals surface area contributed by atoms with Crippen LogP contribution in [0.1, 0.15) is 12.8 Å². The molecule has 0 bridgehead atoms. The summed E-state index contributed by atoms with van der Waals surface area (Å²) in [5.41, 5.74) is 1.87. The average Bonchev–Trinajstić information content (AvgIpc) is 2.78. The molecule has 0 aromatic rings. The lowest BCUT2D eigenvalue weighted by Gasteiger charge is -2.30. The Morgan fingerprint density at radius 1 is 1.50 bits per heavy atom. The number of piperidine rings is 1. The number of halogens is 1. The van der Waals surface area contributed by atoms with Gasteiger partial charge in [-0.15, -0.1) is 4.59 Å². The van der Waals surface area contributed by atoms with Crippen LogP contribution < -0.4 is 5.84 Å². The molecular weight excluding hydrogens is 373 g/mol. The molecule has 1 saturated heterocycles. The quantitative estimate of drug-likeness (QED) is 0.407. The number of fused-ring (bicyclic) bond motifs is 1. The van der Waals surface area contributed by atoms with Crippen molar-refractivity contribution in [2.75, 3.05) is 13.1 Å². The summed E-state index contributed by atoms with van der Waals surface area (Å²) in [6, 6.07) is 0. The molecule has 3 N–H and O–H groups in total. The number of allylic oxidation sites excluding steroid dienone is 2. The number of carboxylic acid groups (broad SMARTS) is 1. The number of hydrogen-bond acceptors (Lipinski definition) is 4. The van der Waals surface area contributed by atoms with Crippen molar-refractivity contribution in [3.8, 4) is 0 Å². The van der Waals surface area contributed by atoms with Gasteiger partial charge in [0.05, 0.1) is 6.20 Å². The van der Waals surface area contributed by atoms with E-state index in [1.807, 2.05) is 0 Å². The van der Waals surface area contributed by atoms with E-state index in [-0.39, 0.29) is 10.5 Å². The van der Waals surface area contributed by atoms with Crippen LogP contribution >= 0.6 is 22.6 Å². The average molecular weight is 388 g/mol. The second-order valence-corrected chi connectivity index (χ2v) is 6.10. The lowest BCUT2D eigenvalue weighted by atomic mass is 9.92. The van der Waals surface area contributed by atoms with Crippen LogP contribution in [0.4, 0.5) is 4.79 Å². The van der Waals surface area contributed by atoms with E-state index in [4.69, 9.17) is 10.9 Å². The Bertz CT molecular complexity index is 574. The Hall–Kier alpha value is -1.26. The normalized spacial score (nSPS) is 29.7. The SMILES string of the molecule is N[N+]12C=CN=C(I)C1=C(C1CCN(C(=O)O)CC1)N=C2. The van der Waals surface area contributed by atoms with Crippen molar-refractivity contribution in [2.24, 2.45) is 21.7 Å². The maximum Gasteiger partial charge on any atom is 0.407 e. The van der Waals surface area contributed by atoms with Gasteiger partial charge in [0.1, 0.15) is 11.9 Å². The molecule has 1 atom stereocenters. The highest BCUT2D eigenvalue weighted by Crippen LogP contribution is 2.36. The number of rotatable bonds is 1. The minimum Gasteiger partial charge on any atom is -0.465 e. The number of amides is 1. The van der Waals surface area contributed by atoms with Crippen LogP contribution in [0.2, 0.25) is 0 Å². The Morgan fingerprint density at radius 2 is 2.20 bits per heavy atom. The number of carbonyl (C=O) groups is 1. The van der Waals surface area contributed by atoms with Crippen molar-refractivity contribution in [3.05, 3.63) is 23.8 Å². The van der Waals surface area contributed by atoms with E-state index in [9.17, 15) is 4.79 Å². The molecule has 3 aliphatic rings. The van der Waals surface area contributed by atoms with E-state index >= 15 is 0 Å². The molecule has 1 amide bonds. The summed E-state index contributed by atoms with van der Waals surface area (Å²) in [6.07, 6.45) is 5.88. The number of hydrogen-bond donors (Lipinski definition) is 2. The van der Waals surface area contributed by atoms with E-state index in [2.05, 4.69) is 32.6 Å². The van der Waals surface area contributed by atoms with Crippen molar-refractivity contribution >= 4 is 38.7 Å². The Labute approximate surface area is 129 Å². The van der Waals surface area contributed by atoms with Crippen LogP contribution in [0.15, 0.2) is 33.8 Å². The molecule has 7 nitrogen and oxygen atoms in total. The second kappa shape index (κ2) is 4.93. The van der Waals surface area contributed by atoms with Gasteiger partial charge in [-0.2, -0.15) is 10.8 Å². The van der Waals surface area contributed by atoms with Crippen LogP contribution in [-0.2, 0) is 0 Å². The minimum absolute atomic E-state index is 0.0657. The number of nitrogens with zero attached hydrogens (tertiary/aromatic N) is 4. The highest BCUT2D eigenvalue weighted by Gasteiger charge is 2.42. The number of aliphatic imine (C=N–C) groups is 2. The fourth-order valence-corrected chi connectivity index (χ4v) is 3.62. The fraction of sp³-hybridized carbons (Fsp3) is 0.417. The molecule has 0 aromatic heterocycles. The number of quaternary nitrogens is 1. The largest absolute Gasteiger partial charge is 0.465 e. The first kappa shape index (κ1) is 13.7. The summed E-state index contributed by atoms with van der Waals surface area (Å²) in [4.78, 5) is 21.2. The van der Waals surface area contributed by atoms with Gasteiger partial charge in [-0.1, -0.05) is 0 Å². The zero-order valence-corrected chi connectivity index (χ0v) is 12.9. The smallest absolute Gasteiger partial charge is 0.407 e. The van der Waals surface area contributed by atoms with Gasteiger partial charge in [0, 0.05) is 19.0 Å². The molecule has 106 valence electrons. The van der Waals surface area contributed by atoms with E-state index in [0.29, 0.717) is 13.1 Å². The first-order valence-corrected chi connectivity index (χ1v) is 7.45. The maximum atomic E-state index is 10.9. The van der Waals surface area contributed by atoms with E-state index in [1.54, 1.807) is 18.7 Å². The third kappa shape index (κ3) is 2.17. The molecule has 0 radical (unpaired) electrons. The van der Waals surface area contributed by atoms with Crippen LogP contribution in [-0.4, -0.2) is 43.8 Å². The molecule has 3 heterocycles. The minimum atomic E-state index is -0.850. The molecule has 8 heteroatoms. The lowest BCUT2D eigenvalue weighted by molar-refractivity contribution is -0.744. The topological polar surface area (TPSA) is 91.3 Å². The molecule has 0 aromatic carbocycles. The van der Waals surface area contributed by atoms with Crippen LogP contribution in [0.3, 0.4) is 0 Å². The molecular formula is C12H15IN5O2+. The Morgan fingerprint density at radius 3 is 2.85 bits per heavy atom. The molecule has 1 fully saturated rings. The van der Waals surface area contributed by atoms with Gasteiger partial charge >= 0.3 is 6.09 Å². The third-order valence-electron chi connectivity index (χ3n) is 3.87. The maximum absolute atomic E-state index is 10.9. The van der Waals surface area contributed by atoms with Crippen LogP contribution in [0.25, 0.3) is 0 Å². The molecule has 1 unspecified atom stereocenters. The van der Waals surface area contributed by atoms with Gasteiger partial charge in [0.2, 0.25) is 12.0 Å². The molecule has 3 aliphatic heterocycles. The van der Waals surface area contributed by atoms with Crippen LogP contribution in [0, 0.1) is 5.92 Å². The monoisotopic (exact) mass is 388 g/mol. The van der Waals surface area contributed by atoms with Gasteiger partial charge < -0.3 is 10.0 Å². The summed E-state index contributed by atoms with van der Waals surface area (Å²) in [6.45, 7) is 1.08. The van der Waals surface area contributed by atoms with Crippen molar-refractivity contribution in [2.45, 2.75) is 12.8 Å². The lowest BCUT2D eigenvalue weighted by Crippen LogP contribution is -2.48. The second-order valence-electron chi connectivity index (χ2n) is 5.07. The van der Waals surface area contributed by atoms with Gasteiger partial charge in [0.15, 0.2) is 3.72 Å². The first-order valence-electron chi connectivity index (χ1n) is 6.37. The molecule has 0 spiro atoms. The van der Waals surface area contributed by atoms with Crippen molar-refractivity contribution < 1.29 is 14.5 Å². The fourth-order valence-electron chi connectivity index (χ4n) is 2.77. The van der Waals surface area contributed by atoms with Gasteiger partial charge in [0.25, 0.3) is 0 Å². The standard InChI is InChI=1S/C12H14IN5O2/c13-11-10-9(16-7-18(10,14)6-3-15-11)8-1-4-17(5-2-8)12(19)20/h3,6-8H,1-2,4-5,14H2/p+1. The summed E-state index contributed by atoms with van der Waals surface area (Å²) < 4.78 is 0.914. The van der Waals surface area contributed by atoms with E-state index < -0.39 is 6.09 Å². The third-order valence-corrected chi connectivity index (χ3v) is 4.66. The Kier molecular flexibility index (Phi) is 3.38. The Balaban J connectivity index is 1.85. The predicted octanol–water partition coefficient (Wildman–Crippen LogP) is 1.64. The van der Waals surface area contributed by atoms with Crippen molar-refractivity contribution in [1.82, 2.24) is 4.90 Å². The summed E-state index contributed by atoms with van der Waals surface area (Å²) >= 11 is 2.17. The zero-order chi connectivity index (χ0) is 14.3. The van der Waals surface area contributed by atoms with E-state index in [0.717, 1.165) is 28.0 Å². The van der Waals surface area contributed by atoms with Crippen molar-refractivity contribution in [3.63, 3.8) is 0 Å². The summed E-state index contributed by atoms with van der Waals surface area (Å²) in [5, 5.41) is 8.99. The number of likely N-dealkylation sites (tertiary alicyclic amines) is 1. The first-order chi connectivity index (χ1) is 9.51. The van der Waals surface area contributed by atoms with Gasteiger partial charge in [-0.25, -0.2) is 9.79 Å².